The maximum atomic E-state index is 12.7. The molecule has 1 amide bonds. The van der Waals surface area contributed by atoms with Crippen molar-refractivity contribution in [3.8, 4) is 5.75 Å². The SMILES string of the molecule is CC[NH+]1CCc2c(sc(NC(=O)c3ccc(OC(C)C)cc3)c2C(=O)OC)C1. The van der Waals surface area contributed by atoms with Gasteiger partial charge in [-0.3, -0.25) is 4.79 Å². The van der Waals surface area contributed by atoms with Crippen molar-refractivity contribution in [2.45, 2.75) is 39.8 Å². The summed E-state index contributed by atoms with van der Waals surface area (Å²) in [6, 6.07) is 7.00. The number of thiophene rings is 1. The van der Waals surface area contributed by atoms with Crippen LogP contribution in [0.1, 0.15) is 51.9 Å². The summed E-state index contributed by atoms with van der Waals surface area (Å²) in [6.45, 7) is 8.96. The molecular weight excluding hydrogens is 376 g/mol. The first-order valence-corrected chi connectivity index (χ1v) is 10.4. The molecule has 0 spiro atoms. The second kappa shape index (κ2) is 8.75. The molecule has 0 saturated heterocycles. The lowest BCUT2D eigenvalue weighted by molar-refractivity contribution is -0.913. The number of fused-ring (bicyclic) bond motifs is 1. The zero-order valence-electron chi connectivity index (χ0n) is 16.8. The molecular formula is C21H27N2O4S+. The van der Waals surface area contributed by atoms with Gasteiger partial charge in [-0.2, -0.15) is 0 Å². The van der Waals surface area contributed by atoms with Crippen molar-refractivity contribution in [2.75, 3.05) is 25.5 Å². The summed E-state index contributed by atoms with van der Waals surface area (Å²) in [6.07, 6.45) is 0.890. The topological polar surface area (TPSA) is 69.1 Å². The number of amides is 1. The van der Waals surface area contributed by atoms with E-state index in [0.29, 0.717) is 16.1 Å². The van der Waals surface area contributed by atoms with E-state index in [-0.39, 0.29) is 12.0 Å². The van der Waals surface area contributed by atoms with E-state index in [1.54, 1.807) is 24.3 Å². The first-order valence-electron chi connectivity index (χ1n) is 9.57. The zero-order valence-corrected chi connectivity index (χ0v) is 17.6. The molecule has 0 bridgehead atoms. The van der Waals surface area contributed by atoms with Gasteiger partial charge < -0.3 is 19.7 Å². The Morgan fingerprint density at radius 3 is 2.57 bits per heavy atom. The van der Waals surface area contributed by atoms with Crippen LogP contribution in [-0.4, -0.2) is 38.2 Å². The van der Waals surface area contributed by atoms with E-state index in [9.17, 15) is 9.59 Å². The summed E-state index contributed by atoms with van der Waals surface area (Å²) in [4.78, 5) is 27.8. The number of nitrogens with one attached hydrogen (secondary N) is 2. The van der Waals surface area contributed by atoms with Gasteiger partial charge >= 0.3 is 5.97 Å². The van der Waals surface area contributed by atoms with Gasteiger partial charge in [0.2, 0.25) is 0 Å². The number of carbonyl (C=O) groups excluding carboxylic acids is 2. The largest absolute Gasteiger partial charge is 0.491 e. The molecule has 1 aromatic carbocycles. The average molecular weight is 404 g/mol. The van der Waals surface area contributed by atoms with Crippen molar-refractivity contribution >= 4 is 28.2 Å². The lowest BCUT2D eigenvalue weighted by Crippen LogP contribution is -3.11. The van der Waals surface area contributed by atoms with Crippen LogP contribution in [0.4, 0.5) is 5.00 Å². The van der Waals surface area contributed by atoms with Crippen molar-refractivity contribution in [1.82, 2.24) is 0 Å². The molecule has 7 heteroatoms. The van der Waals surface area contributed by atoms with Gasteiger partial charge in [-0.05, 0) is 50.6 Å². The van der Waals surface area contributed by atoms with Gasteiger partial charge in [0.05, 0.1) is 36.7 Å². The summed E-state index contributed by atoms with van der Waals surface area (Å²) >= 11 is 1.48. The Morgan fingerprint density at radius 1 is 1.25 bits per heavy atom. The van der Waals surface area contributed by atoms with Crippen LogP contribution in [-0.2, 0) is 17.7 Å². The van der Waals surface area contributed by atoms with Crippen LogP contribution in [0.25, 0.3) is 0 Å². The van der Waals surface area contributed by atoms with E-state index in [1.807, 2.05) is 13.8 Å². The Labute approximate surface area is 169 Å². The molecule has 0 aliphatic carbocycles. The van der Waals surface area contributed by atoms with Gasteiger partial charge in [0.25, 0.3) is 5.91 Å². The Bertz CT molecular complexity index is 858. The van der Waals surface area contributed by atoms with Crippen LogP contribution in [0.5, 0.6) is 5.75 Å². The van der Waals surface area contributed by atoms with Crippen LogP contribution in [0.3, 0.4) is 0 Å². The van der Waals surface area contributed by atoms with Crippen molar-refractivity contribution < 1.29 is 24.0 Å². The number of rotatable bonds is 6. The van der Waals surface area contributed by atoms with E-state index < -0.39 is 5.97 Å². The molecule has 0 saturated carbocycles. The van der Waals surface area contributed by atoms with E-state index in [1.165, 1.54) is 23.3 Å². The fourth-order valence-electron chi connectivity index (χ4n) is 3.38. The quantitative estimate of drug-likeness (QED) is 0.728. The predicted octanol–water partition coefficient (Wildman–Crippen LogP) is 2.54. The van der Waals surface area contributed by atoms with E-state index in [0.717, 1.165) is 42.2 Å². The molecule has 0 fully saturated rings. The van der Waals surface area contributed by atoms with Gasteiger partial charge in [-0.15, -0.1) is 11.3 Å². The first kappa shape index (κ1) is 20.4. The normalized spacial score (nSPS) is 15.8. The molecule has 2 N–H and O–H groups in total. The summed E-state index contributed by atoms with van der Waals surface area (Å²) in [5, 5.41) is 3.49. The van der Waals surface area contributed by atoms with E-state index in [2.05, 4.69) is 12.2 Å². The fraction of sp³-hybridized carbons (Fsp3) is 0.429. The van der Waals surface area contributed by atoms with Gasteiger partial charge in [-0.25, -0.2) is 4.79 Å². The van der Waals surface area contributed by atoms with Gasteiger partial charge in [0.15, 0.2) is 0 Å². The number of methoxy groups -OCH3 is 1. The third-order valence-corrected chi connectivity index (χ3v) is 5.98. The number of hydrogen-bond donors (Lipinski definition) is 2. The molecule has 1 aliphatic rings. The maximum Gasteiger partial charge on any atom is 0.341 e. The second-order valence-electron chi connectivity index (χ2n) is 7.12. The molecule has 1 aliphatic heterocycles. The van der Waals surface area contributed by atoms with Crippen LogP contribution in [0.2, 0.25) is 0 Å². The number of esters is 1. The lowest BCUT2D eigenvalue weighted by Gasteiger charge is -2.22. The minimum Gasteiger partial charge on any atom is -0.491 e. The van der Waals surface area contributed by atoms with Gasteiger partial charge in [0.1, 0.15) is 17.3 Å². The summed E-state index contributed by atoms with van der Waals surface area (Å²) in [5.74, 6) is 0.0731. The van der Waals surface area contributed by atoms with Crippen molar-refractivity contribution in [3.63, 3.8) is 0 Å². The van der Waals surface area contributed by atoms with Crippen molar-refractivity contribution in [2.24, 2.45) is 0 Å². The number of likely N-dealkylation sites (N-methyl/N-ethyl adjacent to an activating group) is 1. The predicted molar refractivity (Wildman–Crippen MR) is 110 cm³/mol. The van der Waals surface area contributed by atoms with Crippen LogP contribution < -0.4 is 15.0 Å². The first-order chi connectivity index (χ1) is 13.4. The standard InChI is InChI=1S/C21H26N2O4S/c1-5-23-11-10-16-17(12-23)28-20(18(16)21(25)26-4)22-19(24)14-6-8-15(9-7-14)27-13(2)3/h6-9,13H,5,10-12H2,1-4H3,(H,22,24)/p+1. The number of ether oxygens (including phenoxy) is 2. The summed E-state index contributed by atoms with van der Waals surface area (Å²) < 4.78 is 10.6. The highest BCUT2D eigenvalue weighted by Gasteiger charge is 2.30. The molecule has 1 atom stereocenters. The van der Waals surface area contributed by atoms with Gasteiger partial charge in [-0.1, -0.05) is 0 Å². The Kier molecular flexibility index (Phi) is 6.36. The smallest absolute Gasteiger partial charge is 0.341 e. The molecule has 1 unspecified atom stereocenters. The average Bonchev–Trinajstić information content (AvgIpc) is 3.04. The maximum absolute atomic E-state index is 12.7. The Morgan fingerprint density at radius 2 is 1.96 bits per heavy atom. The molecule has 3 rings (SSSR count). The third-order valence-electron chi connectivity index (χ3n) is 4.83. The molecule has 6 nitrogen and oxygen atoms in total. The third kappa shape index (κ3) is 4.36. The van der Waals surface area contributed by atoms with Crippen LogP contribution in [0.15, 0.2) is 24.3 Å². The summed E-state index contributed by atoms with van der Waals surface area (Å²) in [5.41, 5.74) is 2.04. The van der Waals surface area contributed by atoms with Crippen molar-refractivity contribution in [3.05, 3.63) is 45.8 Å². The molecule has 1 aromatic heterocycles. The van der Waals surface area contributed by atoms with Crippen LogP contribution in [0, 0.1) is 0 Å². The highest BCUT2D eigenvalue weighted by Crippen LogP contribution is 2.35. The molecule has 2 aromatic rings. The Hall–Kier alpha value is -2.38. The van der Waals surface area contributed by atoms with Crippen molar-refractivity contribution in [1.29, 1.82) is 0 Å². The number of carbonyl (C=O) groups is 2. The molecule has 0 radical (unpaired) electrons. The minimum atomic E-state index is -0.395. The Balaban J connectivity index is 1.84. The molecule has 150 valence electrons. The number of anilines is 1. The number of hydrogen-bond acceptors (Lipinski definition) is 5. The zero-order chi connectivity index (χ0) is 20.3. The highest BCUT2D eigenvalue weighted by atomic mass is 32.1. The molecule has 2 heterocycles. The molecule has 28 heavy (non-hydrogen) atoms. The highest BCUT2D eigenvalue weighted by molar-refractivity contribution is 7.17. The van der Waals surface area contributed by atoms with Crippen LogP contribution >= 0.6 is 11.3 Å². The second-order valence-corrected chi connectivity index (χ2v) is 8.23. The minimum absolute atomic E-state index is 0.0737. The lowest BCUT2D eigenvalue weighted by atomic mass is 10.0. The summed E-state index contributed by atoms with van der Waals surface area (Å²) in [7, 11) is 1.37. The van der Waals surface area contributed by atoms with E-state index in [4.69, 9.17) is 9.47 Å². The number of quaternary nitrogens is 1. The van der Waals surface area contributed by atoms with Gasteiger partial charge in [0, 0.05) is 12.0 Å². The monoisotopic (exact) mass is 403 g/mol. The van der Waals surface area contributed by atoms with E-state index >= 15 is 0 Å². The number of benzene rings is 1. The fourth-order valence-corrected chi connectivity index (χ4v) is 4.68.